The van der Waals surface area contributed by atoms with Crippen LogP contribution in [-0.4, -0.2) is 75.4 Å². The molecule has 0 bridgehead atoms. The Labute approximate surface area is 242 Å². The number of aromatic hydroxyl groups is 1. The summed E-state index contributed by atoms with van der Waals surface area (Å²) in [7, 11) is 0. The molecule has 8 nitrogen and oxygen atoms in total. The molecule has 4 fully saturated rings. The van der Waals surface area contributed by atoms with Crippen molar-refractivity contribution in [1.82, 2.24) is 25.2 Å². The van der Waals surface area contributed by atoms with Crippen molar-refractivity contribution in [3.05, 3.63) is 47.7 Å². The lowest BCUT2D eigenvalue weighted by Gasteiger charge is -2.32. The van der Waals surface area contributed by atoms with E-state index in [0.29, 0.717) is 52.2 Å². The summed E-state index contributed by atoms with van der Waals surface area (Å²) in [6.45, 7) is 6.05. The van der Waals surface area contributed by atoms with Gasteiger partial charge in [0.1, 0.15) is 35.2 Å². The molecule has 1 saturated carbocycles. The number of nitrogens with one attached hydrogen (secondary N) is 1. The number of hydrogen-bond acceptors (Lipinski definition) is 8. The number of fused-ring (bicyclic) bond motifs is 4. The average molecular weight is 573 g/mol. The van der Waals surface area contributed by atoms with Crippen LogP contribution < -0.4 is 15.0 Å². The fourth-order valence-electron chi connectivity index (χ4n) is 7.73. The Hall–Kier alpha value is -3.63. The van der Waals surface area contributed by atoms with Crippen LogP contribution in [0.5, 0.6) is 11.8 Å². The first kappa shape index (κ1) is 26.0. The number of aryl methyl sites for hydroxylation is 1. The smallest absolute Gasteiger partial charge is 0.319 e. The van der Waals surface area contributed by atoms with Gasteiger partial charge in [-0.15, -0.1) is 0 Å². The van der Waals surface area contributed by atoms with E-state index < -0.39 is 5.82 Å². The largest absolute Gasteiger partial charge is 0.508 e. The monoisotopic (exact) mass is 572 g/mol. The van der Waals surface area contributed by atoms with Crippen LogP contribution in [0, 0.1) is 11.6 Å². The molecular weight excluding hydrogens is 538 g/mol. The van der Waals surface area contributed by atoms with Gasteiger partial charge in [0.05, 0.1) is 10.9 Å². The van der Waals surface area contributed by atoms with E-state index in [9.17, 15) is 9.50 Å². The van der Waals surface area contributed by atoms with Crippen LogP contribution in [0.1, 0.15) is 44.6 Å². The SMILES string of the molecule is CCc1c(F)ccc2cc(O)cc(-c3ncc4c(N5CCNC6CC65)nc(OCC56CCCN5CCC6)nc4c3F)c12. The van der Waals surface area contributed by atoms with Gasteiger partial charge in [-0.1, -0.05) is 13.0 Å². The molecule has 2 aromatic heterocycles. The summed E-state index contributed by atoms with van der Waals surface area (Å²) < 4.78 is 38.0. The van der Waals surface area contributed by atoms with E-state index in [1.165, 1.54) is 12.1 Å². The average Bonchev–Trinajstić information content (AvgIpc) is 3.53. The summed E-state index contributed by atoms with van der Waals surface area (Å²) >= 11 is 0. The molecule has 2 aromatic carbocycles. The second-order valence-corrected chi connectivity index (χ2v) is 12.2. The second kappa shape index (κ2) is 9.70. The number of nitrogens with zero attached hydrogens (tertiary/aromatic N) is 5. The van der Waals surface area contributed by atoms with Gasteiger partial charge in [0, 0.05) is 36.9 Å². The molecule has 4 aliphatic rings. The number of phenols is 1. The van der Waals surface area contributed by atoms with E-state index in [4.69, 9.17) is 9.72 Å². The highest BCUT2D eigenvalue weighted by molar-refractivity contribution is 6.01. The minimum atomic E-state index is -0.636. The molecule has 0 spiro atoms. The Balaban J connectivity index is 1.28. The number of rotatable bonds is 6. The van der Waals surface area contributed by atoms with Gasteiger partial charge in [-0.2, -0.15) is 9.97 Å². The number of anilines is 1. The van der Waals surface area contributed by atoms with Crippen LogP contribution in [0.3, 0.4) is 0 Å². The van der Waals surface area contributed by atoms with Crippen molar-refractivity contribution in [1.29, 1.82) is 0 Å². The summed E-state index contributed by atoms with van der Waals surface area (Å²) in [4.78, 5) is 18.8. The number of ether oxygens (including phenoxy) is 1. The second-order valence-electron chi connectivity index (χ2n) is 12.2. The first-order chi connectivity index (χ1) is 20.5. The van der Waals surface area contributed by atoms with Crippen LogP contribution in [-0.2, 0) is 6.42 Å². The van der Waals surface area contributed by atoms with Crippen molar-refractivity contribution in [2.24, 2.45) is 0 Å². The first-order valence-electron chi connectivity index (χ1n) is 15.1. The van der Waals surface area contributed by atoms with E-state index in [1.807, 2.05) is 6.92 Å². The number of hydrogen-bond donors (Lipinski definition) is 2. The Morgan fingerprint density at radius 3 is 2.76 bits per heavy atom. The molecule has 3 aliphatic heterocycles. The van der Waals surface area contributed by atoms with Crippen LogP contribution in [0.4, 0.5) is 14.6 Å². The molecule has 1 aliphatic carbocycles. The normalized spacial score (nSPS) is 23.0. The fraction of sp³-hybridized carbons (Fsp3) is 0.469. The number of pyridine rings is 1. The van der Waals surface area contributed by atoms with E-state index in [0.717, 1.165) is 58.3 Å². The topological polar surface area (TPSA) is 86.6 Å². The zero-order valence-corrected chi connectivity index (χ0v) is 23.7. The molecule has 3 saturated heterocycles. The molecule has 2 unspecified atom stereocenters. The third-order valence-electron chi connectivity index (χ3n) is 9.87. The van der Waals surface area contributed by atoms with Gasteiger partial charge in [0.25, 0.3) is 0 Å². The van der Waals surface area contributed by atoms with Crippen LogP contribution in [0.15, 0.2) is 30.5 Å². The highest BCUT2D eigenvalue weighted by atomic mass is 19.1. The fourth-order valence-corrected chi connectivity index (χ4v) is 7.73. The Kier molecular flexibility index (Phi) is 6.01. The lowest BCUT2D eigenvalue weighted by molar-refractivity contribution is 0.108. The zero-order valence-electron chi connectivity index (χ0n) is 23.7. The van der Waals surface area contributed by atoms with E-state index in [-0.39, 0.29) is 40.4 Å². The maximum atomic E-state index is 16.7. The Morgan fingerprint density at radius 2 is 1.95 bits per heavy atom. The summed E-state index contributed by atoms with van der Waals surface area (Å²) in [6.07, 6.45) is 7.50. The molecule has 0 radical (unpaired) electrons. The lowest BCUT2D eigenvalue weighted by Crippen LogP contribution is -2.44. The molecule has 8 rings (SSSR count). The Morgan fingerprint density at radius 1 is 1.12 bits per heavy atom. The van der Waals surface area contributed by atoms with Crippen LogP contribution in [0.25, 0.3) is 32.9 Å². The molecule has 218 valence electrons. The number of halogens is 2. The Bertz CT molecular complexity index is 1720. The maximum Gasteiger partial charge on any atom is 0.319 e. The van der Waals surface area contributed by atoms with Crippen LogP contribution in [0.2, 0.25) is 0 Å². The quantitative estimate of drug-likeness (QED) is 0.336. The number of aromatic nitrogens is 3. The van der Waals surface area contributed by atoms with Gasteiger partial charge < -0.3 is 20.1 Å². The van der Waals surface area contributed by atoms with Crippen molar-refractivity contribution in [2.45, 2.75) is 63.1 Å². The van der Waals surface area contributed by atoms with Crippen LogP contribution >= 0.6 is 0 Å². The van der Waals surface area contributed by atoms with Gasteiger partial charge in [-0.05, 0) is 86.1 Å². The molecule has 2 atom stereocenters. The van der Waals surface area contributed by atoms with Crippen molar-refractivity contribution in [3.8, 4) is 23.0 Å². The highest BCUT2D eigenvalue weighted by Gasteiger charge is 2.46. The lowest BCUT2D eigenvalue weighted by atomic mass is 9.94. The molecule has 2 N–H and O–H groups in total. The van der Waals surface area contributed by atoms with Gasteiger partial charge in [-0.3, -0.25) is 9.88 Å². The van der Waals surface area contributed by atoms with Crippen molar-refractivity contribution in [2.75, 3.05) is 37.7 Å². The molecule has 42 heavy (non-hydrogen) atoms. The molecular formula is C32H34F2N6O2. The molecule has 4 aromatic rings. The van der Waals surface area contributed by atoms with Crippen molar-refractivity contribution in [3.63, 3.8) is 0 Å². The van der Waals surface area contributed by atoms with E-state index >= 15 is 4.39 Å². The summed E-state index contributed by atoms with van der Waals surface area (Å²) in [5.41, 5.74) is 0.917. The molecule has 0 amide bonds. The summed E-state index contributed by atoms with van der Waals surface area (Å²) in [5, 5.41) is 15.7. The van der Waals surface area contributed by atoms with E-state index in [1.54, 1.807) is 18.3 Å². The van der Waals surface area contributed by atoms with Gasteiger partial charge in [0.2, 0.25) is 0 Å². The first-order valence-corrected chi connectivity index (χ1v) is 15.1. The van der Waals surface area contributed by atoms with Crippen molar-refractivity contribution >= 4 is 27.5 Å². The zero-order chi connectivity index (χ0) is 28.6. The third-order valence-corrected chi connectivity index (χ3v) is 9.87. The summed E-state index contributed by atoms with van der Waals surface area (Å²) in [6, 6.07) is 6.85. The van der Waals surface area contributed by atoms with Crippen molar-refractivity contribution < 1.29 is 18.6 Å². The minimum Gasteiger partial charge on any atom is -0.508 e. The number of benzene rings is 2. The standard InChI is InChI=1S/C32H34F2N6O2/c1-2-20-23(33)6-5-18-13-19(41)14-21(26(18)20)28-27(34)29-22(16-36-28)30(40-12-9-35-24-15-25(24)40)38-31(37-29)42-17-32-7-3-10-39(32)11-4-8-32/h5-6,13-14,16,24-25,35,41H,2-4,7-12,15,17H2,1H3. The predicted molar refractivity (Wildman–Crippen MR) is 157 cm³/mol. The molecule has 5 heterocycles. The van der Waals surface area contributed by atoms with Gasteiger partial charge >= 0.3 is 6.01 Å². The maximum absolute atomic E-state index is 16.7. The molecule has 10 heteroatoms. The number of piperazine rings is 1. The third kappa shape index (κ3) is 4.02. The van der Waals surface area contributed by atoms with E-state index in [2.05, 4.69) is 25.1 Å². The number of phenolic OH excluding ortho intramolecular Hbond substituents is 1. The predicted octanol–water partition coefficient (Wildman–Crippen LogP) is 4.95. The van der Waals surface area contributed by atoms with Gasteiger partial charge in [0.15, 0.2) is 5.82 Å². The highest BCUT2D eigenvalue weighted by Crippen LogP contribution is 2.42. The minimum absolute atomic E-state index is 0.00182. The summed E-state index contributed by atoms with van der Waals surface area (Å²) in [5.74, 6) is -0.417. The van der Waals surface area contributed by atoms with Gasteiger partial charge in [-0.25, -0.2) is 8.78 Å².